The third kappa shape index (κ3) is 5.18. The fourth-order valence-electron chi connectivity index (χ4n) is 2.34. The molecule has 2 unspecified atom stereocenters. The summed E-state index contributed by atoms with van der Waals surface area (Å²) in [5.74, 6) is -1.53. The highest BCUT2D eigenvalue weighted by molar-refractivity contribution is 6.35. The van der Waals surface area contributed by atoms with Crippen LogP contribution in [0.15, 0.2) is 42.5 Å². The molecule has 2 atom stereocenters. The molecular weight excluding hydrogens is 395 g/mol. The lowest BCUT2D eigenvalue weighted by Gasteiger charge is -2.19. The van der Waals surface area contributed by atoms with Crippen LogP contribution in [-0.2, 0) is 9.53 Å². The summed E-state index contributed by atoms with van der Waals surface area (Å²) in [6.07, 6.45) is -1.16. The third-order valence-corrected chi connectivity index (χ3v) is 4.32. The maximum absolute atomic E-state index is 12.3. The Morgan fingerprint density at radius 2 is 1.81 bits per heavy atom. The molecule has 1 N–H and O–H groups in total. The van der Waals surface area contributed by atoms with E-state index in [1.54, 1.807) is 25.1 Å². The molecule has 142 valence electrons. The molecule has 0 aliphatic rings. The minimum absolute atomic E-state index is 0.226. The number of hydrogen-bond acceptors (Lipinski definition) is 5. The van der Waals surface area contributed by atoms with Gasteiger partial charge in [-0.3, -0.25) is 14.9 Å². The van der Waals surface area contributed by atoms with Gasteiger partial charge in [0, 0.05) is 16.1 Å². The number of amides is 1. The van der Waals surface area contributed by atoms with Crippen LogP contribution in [0.3, 0.4) is 0 Å². The van der Waals surface area contributed by atoms with E-state index in [4.69, 9.17) is 27.9 Å². The van der Waals surface area contributed by atoms with Gasteiger partial charge in [0.25, 0.3) is 11.6 Å². The second kappa shape index (κ2) is 8.83. The minimum atomic E-state index is -1.16. The number of rotatable bonds is 6. The number of benzene rings is 2. The maximum atomic E-state index is 12.3. The molecule has 2 aromatic carbocycles. The van der Waals surface area contributed by atoms with Crippen molar-refractivity contribution in [3.63, 3.8) is 0 Å². The van der Waals surface area contributed by atoms with E-state index in [-0.39, 0.29) is 5.56 Å². The standard InChI is InChI=1S/C18H16Cl2N2O5/c1-10(13-8-7-12(19)9-15(13)20)21-17(23)11(2)27-18(24)14-5-3-4-6-16(14)22(25)26/h3-11H,1-2H3,(H,21,23). The summed E-state index contributed by atoms with van der Waals surface area (Å²) in [5, 5.41) is 14.5. The molecule has 9 heteroatoms. The quantitative estimate of drug-likeness (QED) is 0.434. The van der Waals surface area contributed by atoms with Crippen LogP contribution in [0.2, 0.25) is 10.0 Å². The smallest absolute Gasteiger partial charge is 0.345 e. The molecule has 1 amide bonds. The lowest BCUT2D eigenvalue weighted by molar-refractivity contribution is -0.385. The van der Waals surface area contributed by atoms with Crippen molar-refractivity contribution in [2.45, 2.75) is 26.0 Å². The van der Waals surface area contributed by atoms with Crippen LogP contribution >= 0.6 is 23.2 Å². The molecule has 0 saturated heterocycles. The monoisotopic (exact) mass is 410 g/mol. The molecule has 2 aromatic rings. The molecule has 0 bridgehead atoms. The van der Waals surface area contributed by atoms with Gasteiger partial charge in [0.2, 0.25) is 0 Å². The third-order valence-electron chi connectivity index (χ3n) is 3.76. The normalized spacial score (nSPS) is 12.7. The number of para-hydroxylation sites is 1. The van der Waals surface area contributed by atoms with Gasteiger partial charge in [0.15, 0.2) is 6.10 Å². The Kier molecular flexibility index (Phi) is 6.76. The highest BCUT2D eigenvalue weighted by Gasteiger charge is 2.26. The van der Waals surface area contributed by atoms with Gasteiger partial charge in [-0.1, -0.05) is 41.4 Å². The topological polar surface area (TPSA) is 98.5 Å². The predicted octanol–water partition coefficient (Wildman–Crippen LogP) is 4.32. The van der Waals surface area contributed by atoms with Crippen LogP contribution in [0.5, 0.6) is 0 Å². The van der Waals surface area contributed by atoms with Crippen LogP contribution in [0.1, 0.15) is 35.8 Å². The van der Waals surface area contributed by atoms with Crippen LogP contribution in [0.4, 0.5) is 5.69 Å². The molecule has 0 spiro atoms. The maximum Gasteiger partial charge on any atom is 0.345 e. The van der Waals surface area contributed by atoms with Gasteiger partial charge in [-0.05, 0) is 37.6 Å². The summed E-state index contributed by atoms with van der Waals surface area (Å²) in [6.45, 7) is 3.09. The molecule has 0 saturated carbocycles. The summed E-state index contributed by atoms with van der Waals surface area (Å²) in [7, 11) is 0. The van der Waals surface area contributed by atoms with Crippen molar-refractivity contribution in [1.82, 2.24) is 5.32 Å². The number of carbonyl (C=O) groups excluding carboxylic acids is 2. The first-order valence-corrected chi connectivity index (χ1v) is 8.66. The van der Waals surface area contributed by atoms with Crippen molar-refractivity contribution >= 4 is 40.8 Å². The van der Waals surface area contributed by atoms with E-state index in [9.17, 15) is 19.7 Å². The van der Waals surface area contributed by atoms with Gasteiger partial charge in [0.05, 0.1) is 11.0 Å². The van der Waals surface area contributed by atoms with Crippen LogP contribution in [0.25, 0.3) is 0 Å². The average Bonchev–Trinajstić information content (AvgIpc) is 2.61. The zero-order valence-electron chi connectivity index (χ0n) is 14.4. The number of esters is 1. The number of hydrogen-bond donors (Lipinski definition) is 1. The van der Waals surface area contributed by atoms with Gasteiger partial charge in [-0.25, -0.2) is 4.79 Å². The van der Waals surface area contributed by atoms with E-state index in [0.717, 1.165) is 0 Å². The summed E-state index contributed by atoms with van der Waals surface area (Å²) >= 11 is 12.0. The van der Waals surface area contributed by atoms with Crippen LogP contribution in [-0.4, -0.2) is 22.9 Å². The van der Waals surface area contributed by atoms with Gasteiger partial charge >= 0.3 is 5.97 Å². The first-order valence-electron chi connectivity index (χ1n) is 7.90. The van der Waals surface area contributed by atoms with Gasteiger partial charge in [-0.15, -0.1) is 0 Å². The second-order valence-corrected chi connectivity index (χ2v) is 6.56. The molecule has 0 fully saturated rings. The van der Waals surface area contributed by atoms with Crippen molar-refractivity contribution in [2.75, 3.05) is 0 Å². The largest absolute Gasteiger partial charge is 0.449 e. The van der Waals surface area contributed by atoms with Crippen molar-refractivity contribution in [3.05, 3.63) is 73.8 Å². The van der Waals surface area contributed by atoms with Crippen molar-refractivity contribution in [1.29, 1.82) is 0 Å². The molecule has 7 nitrogen and oxygen atoms in total. The van der Waals surface area contributed by atoms with E-state index >= 15 is 0 Å². The number of carbonyl (C=O) groups is 2. The van der Waals surface area contributed by atoms with Gasteiger partial charge in [-0.2, -0.15) is 0 Å². The molecule has 2 rings (SSSR count). The number of nitro benzene ring substituents is 1. The number of nitrogens with zero attached hydrogens (tertiary/aromatic N) is 1. The molecule has 0 aliphatic heterocycles. The van der Waals surface area contributed by atoms with Crippen molar-refractivity contribution in [3.8, 4) is 0 Å². The van der Waals surface area contributed by atoms with Crippen molar-refractivity contribution < 1.29 is 19.2 Å². The minimum Gasteiger partial charge on any atom is -0.449 e. The lowest BCUT2D eigenvalue weighted by Crippen LogP contribution is -2.37. The molecule has 27 heavy (non-hydrogen) atoms. The zero-order valence-corrected chi connectivity index (χ0v) is 16.0. The Bertz CT molecular complexity index is 888. The molecule has 0 heterocycles. The Morgan fingerprint density at radius 1 is 1.15 bits per heavy atom. The summed E-state index contributed by atoms with van der Waals surface area (Å²) in [6, 6.07) is 9.77. The summed E-state index contributed by atoms with van der Waals surface area (Å²) < 4.78 is 5.07. The summed E-state index contributed by atoms with van der Waals surface area (Å²) in [5.41, 5.74) is 0.0269. The fraction of sp³-hybridized carbons (Fsp3) is 0.222. The number of ether oxygens (including phenoxy) is 1. The van der Waals surface area contributed by atoms with Gasteiger partial charge < -0.3 is 10.1 Å². The SMILES string of the molecule is CC(OC(=O)c1ccccc1[N+](=O)[O-])C(=O)NC(C)c1ccc(Cl)cc1Cl. The van der Waals surface area contributed by atoms with E-state index < -0.39 is 34.6 Å². The number of nitro groups is 1. The molecule has 0 aliphatic carbocycles. The van der Waals surface area contributed by atoms with E-state index in [2.05, 4.69) is 5.32 Å². The zero-order chi connectivity index (χ0) is 20.1. The predicted molar refractivity (Wildman–Crippen MR) is 101 cm³/mol. The number of nitrogens with one attached hydrogen (secondary N) is 1. The number of halogens is 2. The molecular formula is C18H16Cl2N2O5. The second-order valence-electron chi connectivity index (χ2n) is 5.72. The van der Waals surface area contributed by atoms with E-state index in [0.29, 0.717) is 15.6 Å². The van der Waals surface area contributed by atoms with E-state index in [1.165, 1.54) is 31.2 Å². The highest BCUT2D eigenvalue weighted by Crippen LogP contribution is 2.26. The van der Waals surface area contributed by atoms with Crippen LogP contribution in [0, 0.1) is 10.1 Å². The molecule has 0 aromatic heterocycles. The summed E-state index contributed by atoms with van der Waals surface area (Å²) in [4.78, 5) is 34.8. The average molecular weight is 411 g/mol. The first kappa shape index (κ1) is 20.7. The van der Waals surface area contributed by atoms with E-state index in [1.807, 2.05) is 0 Å². The Morgan fingerprint density at radius 3 is 2.44 bits per heavy atom. The fourth-order valence-corrected chi connectivity index (χ4v) is 2.92. The lowest BCUT2D eigenvalue weighted by atomic mass is 10.1. The van der Waals surface area contributed by atoms with Crippen molar-refractivity contribution in [2.24, 2.45) is 0 Å². The first-order chi connectivity index (χ1) is 12.7. The Labute approximate surface area is 165 Å². The Balaban J connectivity index is 2.05. The van der Waals surface area contributed by atoms with Gasteiger partial charge in [0.1, 0.15) is 5.56 Å². The molecule has 0 radical (unpaired) electrons. The highest BCUT2D eigenvalue weighted by atomic mass is 35.5. The Hall–Kier alpha value is -2.64. The van der Waals surface area contributed by atoms with Crippen LogP contribution < -0.4 is 5.32 Å².